The van der Waals surface area contributed by atoms with Crippen LogP contribution < -0.4 is 11.5 Å². The van der Waals surface area contributed by atoms with Crippen LogP contribution in [-0.2, 0) is 0 Å². The van der Waals surface area contributed by atoms with E-state index in [9.17, 15) is 0 Å². The molecule has 0 aliphatic rings. The van der Waals surface area contributed by atoms with Crippen molar-refractivity contribution in [1.82, 2.24) is 0 Å². The minimum absolute atomic E-state index is 0.404. The molecular formula is C43H58N2. The summed E-state index contributed by atoms with van der Waals surface area (Å²) < 4.78 is 0. The van der Waals surface area contributed by atoms with Gasteiger partial charge in [-0.1, -0.05) is 133 Å². The van der Waals surface area contributed by atoms with Gasteiger partial charge in [0.2, 0.25) is 0 Å². The molecule has 2 heteroatoms. The number of unbranched alkanes of at least 4 members (excludes halogenated alkanes) is 5. The average Bonchev–Trinajstić information content (AvgIpc) is 3.03. The van der Waals surface area contributed by atoms with Gasteiger partial charge in [-0.05, 0) is 102 Å². The summed E-state index contributed by atoms with van der Waals surface area (Å²) in [5.74, 6) is 1.21. The molecule has 2 nitrogen and oxygen atoms in total. The Bertz CT molecular complexity index is 1340. The standard InChI is InChI=1S/C43H58N2/c1-6-9-12-15-42(39-27-25-37(44)29-31(39)4)35-21-17-33(18-22-35)41(14-11-8-3)34-19-23-36(24-20-34)43(16-13-10-7-2)40-28-26-38(45)30-32(40)5/h17-30,41-43H,6-16,44-45H2,1-5H3. The van der Waals surface area contributed by atoms with Crippen molar-refractivity contribution in [1.29, 1.82) is 0 Å². The van der Waals surface area contributed by atoms with Gasteiger partial charge in [0.25, 0.3) is 0 Å². The number of nitrogen functional groups attached to an aromatic ring is 2. The van der Waals surface area contributed by atoms with E-state index in [1.807, 2.05) is 0 Å². The quantitative estimate of drug-likeness (QED) is 0.0933. The van der Waals surface area contributed by atoms with Crippen molar-refractivity contribution in [3.05, 3.63) is 129 Å². The predicted molar refractivity (Wildman–Crippen MR) is 197 cm³/mol. The van der Waals surface area contributed by atoms with E-state index in [0.717, 1.165) is 11.4 Å². The summed E-state index contributed by atoms with van der Waals surface area (Å²) in [7, 11) is 0. The van der Waals surface area contributed by atoms with Gasteiger partial charge in [0, 0.05) is 29.1 Å². The summed E-state index contributed by atoms with van der Waals surface area (Å²) >= 11 is 0. The van der Waals surface area contributed by atoms with Gasteiger partial charge in [0.15, 0.2) is 0 Å². The van der Waals surface area contributed by atoms with Gasteiger partial charge in [0.05, 0.1) is 0 Å². The summed E-state index contributed by atoms with van der Waals surface area (Å²) in [5.41, 5.74) is 25.0. The van der Waals surface area contributed by atoms with Crippen molar-refractivity contribution in [2.24, 2.45) is 0 Å². The van der Waals surface area contributed by atoms with Gasteiger partial charge in [-0.25, -0.2) is 0 Å². The Morgan fingerprint density at radius 1 is 0.422 bits per heavy atom. The van der Waals surface area contributed by atoms with Gasteiger partial charge in [-0.15, -0.1) is 0 Å². The summed E-state index contributed by atoms with van der Waals surface area (Å²) in [4.78, 5) is 0. The Morgan fingerprint density at radius 3 is 1.09 bits per heavy atom. The SMILES string of the molecule is CCCCCC(c1ccc(C(CCCC)c2ccc(C(CCCCC)c3ccc(N)cc3C)cc2)cc1)c1ccc(N)cc1C. The molecule has 4 rings (SSSR count). The second-order valence-electron chi connectivity index (χ2n) is 13.4. The molecule has 45 heavy (non-hydrogen) atoms. The van der Waals surface area contributed by atoms with Crippen LogP contribution in [0.1, 0.15) is 154 Å². The fraction of sp³-hybridized carbons (Fsp3) is 0.442. The highest BCUT2D eigenvalue weighted by Gasteiger charge is 2.21. The van der Waals surface area contributed by atoms with Crippen LogP contribution >= 0.6 is 0 Å². The molecular weight excluding hydrogens is 544 g/mol. The Kier molecular flexibility index (Phi) is 13.2. The smallest absolute Gasteiger partial charge is 0.0316 e. The normalized spacial score (nSPS) is 13.4. The molecule has 4 aromatic rings. The Balaban J connectivity index is 1.62. The van der Waals surface area contributed by atoms with Crippen molar-refractivity contribution in [2.75, 3.05) is 11.5 Å². The summed E-state index contributed by atoms with van der Waals surface area (Å²) in [6.07, 6.45) is 13.5. The molecule has 0 aliphatic heterocycles. The maximum absolute atomic E-state index is 6.13. The molecule has 0 saturated heterocycles. The molecule has 0 amide bonds. The minimum Gasteiger partial charge on any atom is -0.399 e. The topological polar surface area (TPSA) is 52.0 Å². The lowest BCUT2D eigenvalue weighted by Gasteiger charge is -2.24. The minimum atomic E-state index is 0.404. The maximum Gasteiger partial charge on any atom is 0.0316 e. The molecule has 240 valence electrons. The molecule has 0 aromatic heterocycles. The lowest BCUT2D eigenvalue weighted by Crippen LogP contribution is -2.07. The first kappa shape index (κ1) is 34.4. The number of hydrogen-bond donors (Lipinski definition) is 2. The molecule has 0 heterocycles. The van der Waals surface area contributed by atoms with Crippen molar-refractivity contribution < 1.29 is 0 Å². The molecule has 0 spiro atoms. The van der Waals surface area contributed by atoms with Crippen LogP contribution in [0.15, 0.2) is 84.9 Å². The first-order chi connectivity index (χ1) is 21.9. The second kappa shape index (κ2) is 17.2. The largest absolute Gasteiger partial charge is 0.399 e. The third-order valence-electron chi connectivity index (χ3n) is 9.86. The second-order valence-corrected chi connectivity index (χ2v) is 13.4. The number of anilines is 2. The van der Waals surface area contributed by atoms with Crippen LogP contribution in [0.4, 0.5) is 11.4 Å². The van der Waals surface area contributed by atoms with Crippen molar-refractivity contribution in [3.63, 3.8) is 0 Å². The van der Waals surface area contributed by atoms with E-state index < -0.39 is 0 Å². The van der Waals surface area contributed by atoms with Gasteiger partial charge >= 0.3 is 0 Å². The third-order valence-corrected chi connectivity index (χ3v) is 9.86. The summed E-state index contributed by atoms with van der Waals surface area (Å²) in [6, 6.07) is 32.2. The molecule has 0 bridgehead atoms. The van der Waals surface area contributed by atoms with Crippen LogP contribution in [0.25, 0.3) is 0 Å². The van der Waals surface area contributed by atoms with E-state index in [2.05, 4.69) is 120 Å². The van der Waals surface area contributed by atoms with E-state index in [1.54, 1.807) is 0 Å². The lowest BCUT2D eigenvalue weighted by atomic mass is 9.81. The van der Waals surface area contributed by atoms with Crippen molar-refractivity contribution >= 4 is 11.4 Å². The molecule has 4 N–H and O–H groups in total. The zero-order chi connectivity index (χ0) is 32.2. The maximum atomic E-state index is 6.13. The fourth-order valence-corrected chi connectivity index (χ4v) is 7.24. The van der Waals surface area contributed by atoms with Crippen LogP contribution in [0.3, 0.4) is 0 Å². The molecule has 0 aliphatic carbocycles. The average molecular weight is 603 g/mol. The Labute approximate surface area is 274 Å². The van der Waals surface area contributed by atoms with Crippen LogP contribution in [0, 0.1) is 13.8 Å². The van der Waals surface area contributed by atoms with Crippen LogP contribution in [0.2, 0.25) is 0 Å². The zero-order valence-electron chi connectivity index (χ0n) is 28.7. The lowest BCUT2D eigenvalue weighted by molar-refractivity contribution is 0.615. The number of nitrogens with two attached hydrogens (primary N) is 2. The van der Waals surface area contributed by atoms with Gasteiger partial charge in [-0.2, -0.15) is 0 Å². The highest BCUT2D eigenvalue weighted by molar-refractivity contribution is 5.50. The Morgan fingerprint density at radius 2 is 0.756 bits per heavy atom. The first-order valence-electron chi connectivity index (χ1n) is 17.8. The van der Waals surface area contributed by atoms with E-state index in [1.165, 1.54) is 115 Å². The van der Waals surface area contributed by atoms with E-state index in [4.69, 9.17) is 11.5 Å². The van der Waals surface area contributed by atoms with Gasteiger partial charge < -0.3 is 11.5 Å². The van der Waals surface area contributed by atoms with Gasteiger partial charge in [0.1, 0.15) is 0 Å². The van der Waals surface area contributed by atoms with Crippen molar-refractivity contribution in [3.8, 4) is 0 Å². The summed E-state index contributed by atoms with van der Waals surface area (Å²) in [6.45, 7) is 11.3. The van der Waals surface area contributed by atoms with Crippen LogP contribution in [0.5, 0.6) is 0 Å². The van der Waals surface area contributed by atoms with Crippen LogP contribution in [-0.4, -0.2) is 0 Å². The number of rotatable bonds is 17. The van der Waals surface area contributed by atoms with Crippen molar-refractivity contribution in [2.45, 2.75) is 123 Å². The molecule has 0 radical (unpaired) electrons. The number of hydrogen-bond acceptors (Lipinski definition) is 2. The number of benzene rings is 4. The fourth-order valence-electron chi connectivity index (χ4n) is 7.24. The molecule has 4 aromatic carbocycles. The van der Waals surface area contributed by atoms with E-state index >= 15 is 0 Å². The Hall–Kier alpha value is -3.52. The molecule has 2 unspecified atom stereocenters. The molecule has 0 fully saturated rings. The highest BCUT2D eigenvalue weighted by atomic mass is 14.5. The van der Waals surface area contributed by atoms with E-state index in [0.29, 0.717) is 17.8 Å². The molecule has 0 saturated carbocycles. The third kappa shape index (κ3) is 9.25. The zero-order valence-corrected chi connectivity index (χ0v) is 28.7. The first-order valence-corrected chi connectivity index (χ1v) is 17.8. The predicted octanol–water partition coefficient (Wildman–Crippen LogP) is 12.2. The monoisotopic (exact) mass is 602 g/mol. The summed E-state index contributed by atoms with van der Waals surface area (Å²) in [5, 5.41) is 0. The highest BCUT2D eigenvalue weighted by Crippen LogP contribution is 2.38. The number of aryl methyl sites for hydroxylation is 2. The van der Waals surface area contributed by atoms with Gasteiger partial charge in [-0.3, -0.25) is 0 Å². The van der Waals surface area contributed by atoms with E-state index in [-0.39, 0.29) is 0 Å². The molecule has 2 atom stereocenters.